The lowest BCUT2D eigenvalue weighted by Crippen LogP contribution is -2.34. The number of terminal acetylenes is 1. The summed E-state index contributed by atoms with van der Waals surface area (Å²) in [6.45, 7) is 0. The Hall–Kier alpha value is -1.47. The van der Waals surface area contributed by atoms with Gasteiger partial charge in [0.05, 0.1) is 0 Å². The molecule has 0 saturated heterocycles. The number of rotatable bonds is 1. The van der Waals surface area contributed by atoms with Crippen molar-refractivity contribution in [3.8, 4) is 12.5 Å². The van der Waals surface area contributed by atoms with E-state index in [9.17, 15) is 4.79 Å². The minimum Gasteiger partial charge on any atom is -0.297 e. The molecule has 1 N–H and O–H groups in total. The molecule has 0 aromatic heterocycles. The summed E-state index contributed by atoms with van der Waals surface area (Å²) in [6, 6.07) is 9.11. The Morgan fingerprint density at radius 1 is 1.50 bits per heavy atom. The van der Waals surface area contributed by atoms with Crippen LogP contribution in [0.25, 0.3) is 0 Å². The molecule has 0 aliphatic carbocycles. The standard InChI is InChI=1S/C10H9BrN2O/c1-3-12-10(14)13(2)9-6-4-8(11)5-7-9/h1,4-7H,2H3,(H,12,14). The minimum atomic E-state index is -0.324. The molecule has 1 aromatic rings. The fraction of sp³-hybridized carbons (Fsp3) is 0.100. The number of halogens is 1. The predicted molar refractivity (Wildman–Crippen MR) is 59.9 cm³/mol. The number of nitrogens with zero attached hydrogens (tertiary/aromatic N) is 1. The van der Waals surface area contributed by atoms with Crippen molar-refractivity contribution in [1.82, 2.24) is 5.32 Å². The Bertz CT molecular complexity index is 367. The van der Waals surface area contributed by atoms with Crippen LogP contribution in [0.15, 0.2) is 28.7 Å². The maximum Gasteiger partial charge on any atom is 0.333 e. The smallest absolute Gasteiger partial charge is 0.297 e. The van der Waals surface area contributed by atoms with Crippen molar-refractivity contribution in [3.63, 3.8) is 0 Å². The van der Waals surface area contributed by atoms with Crippen molar-refractivity contribution in [2.24, 2.45) is 0 Å². The molecule has 0 heterocycles. The lowest BCUT2D eigenvalue weighted by molar-refractivity contribution is 0.251. The Morgan fingerprint density at radius 2 is 2.07 bits per heavy atom. The first-order chi connectivity index (χ1) is 6.65. The molecule has 0 aliphatic heterocycles. The topological polar surface area (TPSA) is 32.3 Å². The maximum atomic E-state index is 11.3. The average Bonchev–Trinajstić information content (AvgIpc) is 2.18. The van der Waals surface area contributed by atoms with Crippen molar-refractivity contribution in [3.05, 3.63) is 28.7 Å². The fourth-order valence-electron chi connectivity index (χ4n) is 0.928. The monoisotopic (exact) mass is 252 g/mol. The van der Waals surface area contributed by atoms with Gasteiger partial charge in [-0.15, -0.1) is 0 Å². The van der Waals surface area contributed by atoms with E-state index >= 15 is 0 Å². The molecule has 3 nitrogen and oxygen atoms in total. The number of benzene rings is 1. The van der Waals surface area contributed by atoms with Gasteiger partial charge in [-0.05, 0) is 24.3 Å². The van der Waals surface area contributed by atoms with Crippen molar-refractivity contribution in [2.45, 2.75) is 0 Å². The zero-order valence-electron chi connectivity index (χ0n) is 7.62. The van der Waals surface area contributed by atoms with Crippen LogP contribution >= 0.6 is 15.9 Å². The summed E-state index contributed by atoms with van der Waals surface area (Å²) in [4.78, 5) is 12.7. The molecule has 0 fully saturated rings. The number of carbonyl (C=O) groups is 1. The first kappa shape index (κ1) is 10.6. The second kappa shape index (κ2) is 4.68. The van der Waals surface area contributed by atoms with Crippen LogP contribution in [-0.2, 0) is 0 Å². The number of anilines is 1. The highest BCUT2D eigenvalue weighted by molar-refractivity contribution is 9.10. The van der Waals surface area contributed by atoms with Gasteiger partial charge < -0.3 is 0 Å². The van der Waals surface area contributed by atoms with E-state index in [1.165, 1.54) is 4.90 Å². The molecule has 1 aromatic carbocycles. The van der Waals surface area contributed by atoms with E-state index in [2.05, 4.69) is 27.3 Å². The summed E-state index contributed by atoms with van der Waals surface area (Å²) >= 11 is 3.31. The highest BCUT2D eigenvalue weighted by atomic mass is 79.9. The SMILES string of the molecule is C#CNC(=O)N(C)c1ccc(Br)cc1. The van der Waals surface area contributed by atoms with E-state index in [0.29, 0.717) is 0 Å². The molecule has 0 bridgehead atoms. The summed E-state index contributed by atoms with van der Waals surface area (Å²) in [7, 11) is 1.65. The Kier molecular flexibility index (Phi) is 3.55. The Labute approximate surface area is 91.2 Å². The van der Waals surface area contributed by atoms with Crippen LogP contribution in [0.3, 0.4) is 0 Å². The average molecular weight is 253 g/mol. The Balaban J connectivity index is 2.80. The maximum absolute atomic E-state index is 11.3. The normalized spacial score (nSPS) is 8.93. The number of hydrogen-bond acceptors (Lipinski definition) is 1. The molecular formula is C10H9BrN2O. The highest BCUT2D eigenvalue weighted by Gasteiger charge is 2.08. The van der Waals surface area contributed by atoms with E-state index in [4.69, 9.17) is 6.42 Å². The molecule has 4 heteroatoms. The first-order valence-electron chi connectivity index (χ1n) is 3.90. The number of urea groups is 1. The van der Waals surface area contributed by atoms with Gasteiger partial charge in [0.15, 0.2) is 0 Å². The minimum absolute atomic E-state index is 0.324. The third kappa shape index (κ3) is 2.51. The summed E-state index contributed by atoms with van der Waals surface area (Å²) < 4.78 is 0.965. The van der Waals surface area contributed by atoms with Gasteiger partial charge >= 0.3 is 6.03 Å². The van der Waals surface area contributed by atoms with E-state index in [-0.39, 0.29) is 6.03 Å². The summed E-state index contributed by atoms with van der Waals surface area (Å²) in [6.07, 6.45) is 4.95. The van der Waals surface area contributed by atoms with E-state index in [1.54, 1.807) is 7.05 Å². The van der Waals surface area contributed by atoms with Gasteiger partial charge in [0.25, 0.3) is 0 Å². The first-order valence-corrected chi connectivity index (χ1v) is 4.69. The molecule has 0 aliphatic rings. The van der Waals surface area contributed by atoms with Gasteiger partial charge in [-0.2, -0.15) is 0 Å². The molecule has 0 unspecified atom stereocenters. The molecule has 14 heavy (non-hydrogen) atoms. The van der Waals surface area contributed by atoms with Crippen LogP contribution in [-0.4, -0.2) is 13.1 Å². The highest BCUT2D eigenvalue weighted by Crippen LogP contribution is 2.16. The van der Waals surface area contributed by atoms with Crippen LogP contribution in [0.2, 0.25) is 0 Å². The van der Waals surface area contributed by atoms with Gasteiger partial charge in [-0.25, -0.2) is 4.79 Å². The zero-order valence-corrected chi connectivity index (χ0v) is 9.21. The van der Waals surface area contributed by atoms with Gasteiger partial charge in [0, 0.05) is 23.3 Å². The zero-order chi connectivity index (χ0) is 10.6. The lowest BCUT2D eigenvalue weighted by atomic mass is 10.3. The number of carbonyl (C=O) groups excluding carboxylic acids is 1. The van der Waals surface area contributed by atoms with Gasteiger partial charge in [-0.3, -0.25) is 10.2 Å². The third-order valence-corrected chi connectivity index (χ3v) is 2.23. The molecule has 2 amide bonds. The molecule has 0 saturated carbocycles. The summed E-state index contributed by atoms with van der Waals surface area (Å²) in [5.74, 6) is 0. The molecule has 0 radical (unpaired) electrons. The number of hydrogen-bond donors (Lipinski definition) is 1. The molecule has 0 spiro atoms. The van der Waals surface area contributed by atoms with E-state index in [1.807, 2.05) is 24.3 Å². The van der Waals surface area contributed by atoms with Crippen LogP contribution in [0, 0.1) is 12.5 Å². The van der Waals surface area contributed by atoms with Crippen molar-refractivity contribution >= 4 is 27.6 Å². The summed E-state index contributed by atoms with van der Waals surface area (Å²) in [5.41, 5.74) is 0.779. The predicted octanol–water partition coefficient (Wildman–Crippen LogP) is 2.19. The quantitative estimate of drug-likeness (QED) is 0.603. The van der Waals surface area contributed by atoms with Crippen LogP contribution < -0.4 is 10.2 Å². The largest absolute Gasteiger partial charge is 0.333 e. The third-order valence-electron chi connectivity index (χ3n) is 1.70. The molecule has 1 rings (SSSR count). The van der Waals surface area contributed by atoms with Crippen molar-refractivity contribution < 1.29 is 4.79 Å². The van der Waals surface area contributed by atoms with Crippen molar-refractivity contribution in [1.29, 1.82) is 0 Å². The molecular weight excluding hydrogens is 244 g/mol. The van der Waals surface area contributed by atoms with Gasteiger partial charge in [-0.1, -0.05) is 22.4 Å². The Morgan fingerprint density at radius 3 is 2.57 bits per heavy atom. The van der Waals surface area contributed by atoms with Gasteiger partial charge in [0.1, 0.15) is 0 Å². The number of nitrogens with one attached hydrogen (secondary N) is 1. The van der Waals surface area contributed by atoms with Crippen LogP contribution in [0.1, 0.15) is 0 Å². The molecule has 0 atom stereocenters. The lowest BCUT2D eigenvalue weighted by Gasteiger charge is -2.15. The van der Waals surface area contributed by atoms with E-state index < -0.39 is 0 Å². The van der Waals surface area contributed by atoms with E-state index in [0.717, 1.165) is 10.2 Å². The fourth-order valence-corrected chi connectivity index (χ4v) is 1.19. The molecule has 72 valence electrons. The summed E-state index contributed by atoms with van der Waals surface area (Å²) in [5, 5.41) is 2.26. The second-order valence-corrected chi connectivity index (χ2v) is 3.53. The van der Waals surface area contributed by atoms with Crippen LogP contribution in [0.4, 0.5) is 10.5 Å². The van der Waals surface area contributed by atoms with Crippen LogP contribution in [0.5, 0.6) is 0 Å². The number of amides is 2. The second-order valence-electron chi connectivity index (χ2n) is 2.61. The van der Waals surface area contributed by atoms with Crippen molar-refractivity contribution in [2.75, 3.05) is 11.9 Å². The van der Waals surface area contributed by atoms with Gasteiger partial charge in [0.2, 0.25) is 0 Å².